The zero-order valence-corrected chi connectivity index (χ0v) is 13.2. The van der Waals surface area contributed by atoms with Crippen LogP contribution in [0.5, 0.6) is 0 Å². The first-order valence-corrected chi connectivity index (χ1v) is 6.88. The van der Waals surface area contributed by atoms with Gasteiger partial charge in [0.1, 0.15) is 11.5 Å². The van der Waals surface area contributed by atoms with Crippen LogP contribution < -0.4 is 16.7 Å². The topological polar surface area (TPSA) is 99.4 Å². The molecule has 0 bridgehead atoms. The number of aryl methyl sites for hydroxylation is 3. The smallest absolute Gasteiger partial charge is 0.332 e. The summed E-state index contributed by atoms with van der Waals surface area (Å²) in [5.41, 5.74) is 2.54. The Morgan fingerprint density at radius 3 is 2.57 bits per heavy atom. The molecular formula is C14H16N6O3. The fourth-order valence-corrected chi connectivity index (χ4v) is 2.29. The van der Waals surface area contributed by atoms with Crippen LogP contribution in [0.25, 0.3) is 11.2 Å². The molecular weight excluding hydrogens is 300 g/mol. The van der Waals surface area contributed by atoms with E-state index in [0.29, 0.717) is 22.9 Å². The normalized spacial score (nSPS) is 11.7. The maximum Gasteiger partial charge on any atom is 0.332 e. The lowest BCUT2D eigenvalue weighted by Gasteiger charge is -2.03. The summed E-state index contributed by atoms with van der Waals surface area (Å²) in [6, 6.07) is 3.62. The van der Waals surface area contributed by atoms with Crippen LogP contribution >= 0.6 is 0 Å². The number of aromatic nitrogens is 4. The van der Waals surface area contributed by atoms with Gasteiger partial charge in [-0.1, -0.05) is 0 Å². The van der Waals surface area contributed by atoms with Gasteiger partial charge in [-0.15, -0.1) is 0 Å². The van der Waals surface area contributed by atoms with E-state index in [1.807, 2.05) is 13.0 Å². The van der Waals surface area contributed by atoms with Gasteiger partial charge in [0.2, 0.25) is 5.95 Å². The number of hydrogen-bond donors (Lipinski definition) is 1. The van der Waals surface area contributed by atoms with Gasteiger partial charge < -0.3 is 8.98 Å². The van der Waals surface area contributed by atoms with Gasteiger partial charge in [0, 0.05) is 21.1 Å². The van der Waals surface area contributed by atoms with Crippen molar-refractivity contribution >= 4 is 23.3 Å². The molecule has 0 aliphatic carbocycles. The number of hydrazone groups is 1. The minimum absolute atomic E-state index is 0.298. The zero-order chi connectivity index (χ0) is 16.7. The summed E-state index contributed by atoms with van der Waals surface area (Å²) in [5, 5.41) is 4.04. The van der Waals surface area contributed by atoms with E-state index in [1.54, 1.807) is 24.7 Å². The first-order chi connectivity index (χ1) is 10.9. The summed E-state index contributed by atoms with van der Waals surface area (Å²) in [5.74, 6) is 1.72. The number of nitrogens with one attached hydrogen (secondary N) is 1. The second-order valence-corrected chi connectivity index (χ2v) is 5.19. The van der Waals surface area contributed by atoms with Crippen LogP contribution in [0.2, 0.25) is 0 Å². The van der Waals surface area contributed by atoms with Crippen molar-refractivity contribution in [3.8, 4) is 0 Å². The van der Waals surface area contributed by atoms with E-state index in [0.717, 1.165) is 10.3 Å². The van der Waals surface area contributed by atoms with Crippen molar-refractivity contribution < 1.29 is 4.42 Å². The molecule has 0 aliphatic heterocycles. The third-order valence-electron chi connectivity index (χ3n) is 3.59. The van der Waals surface area contributed by atoms with E-state index >= 15 is 0 Å². The maximum absolute atomic E-state index is 12.2. The van der Waals surface area contributed by atoms with E-state index in [4.69, 9.17) is 4.42 Å². The van der Waals surface area contributed by atoms with Gasteiger partial charge in [0.05, 0.1) is 6.21 Å². The molecule has 1 N–H and O–H groups in total. The minimum Gasteiger partial charge on any atom is -0.460 e. The molecule has 0 atom stereocenters. The fraction of sp³-hybridized carbons (Fsp3) is 0.286. The first-order valence-electron chi connectivity index (χ1n) is 6.88. The Kier molecular flexibility index (Phi) is 3.40. The molecule has 3 heterocycles. The Morgan fingerprint density at radius 2 is 1.91 bits per heavy atom. The van der Waals surface area contributed by atoms with Gasteiger partial charge in [0.25, 0.3) is 5.56 Å². The number of imidazole rings is 1. The van der Waals surface area contributed by atoms with Crippen LogP contribution in [0.1, 0.15) is 11.5 Å². The Hall–Kier alpha value is -3.10. The minimum atomic E-state index is -0.429. The van der Waals surface area contributed by atoms with Gasteiger partial charge in [-0.3, -0.25) is 13.9 Å². The van der Waals surface area contributed by atoms with Gasteiger partial charge in [-0.05, 0) is 19.1 Å². The van der Waals surface area contributed by atoms with Gasteiger partial charge in [-0.25, -0.2) is 10.2 Å². The van der Waals surface area contributed by atoms with Crippen LogP contribution in [-0.2, 0) is 21.1 Å². The van der Waals surface area contributed by atoms with Gasteiger partial charge >= 0.3 is 5.69 Å². The number of fused-ring (bicyclic) bond motifs is 1. The van der Waals surface area contributed by atoms with Crippen molar-refractivity contribution in [2.75, 3.05) is 5.43 Å². The number of nitrogens with zero attached hydrogens (tertiary/aromatic N) is 5. The van der Waals surface area contributed by atoms with E-state index in [9.17, 15) is 9.59 Å². The van der Waals surface area contributed by atoms with E-state index in [1.165, 1.54) is 17.8 Å². The van der Waals surface area contributed by atoms with Crippen molar-refractivity contribution in [3.05, 3.63) is 44.5 Å². The third kappa shape index (κ3) is 2.35. The van der Waals surface area contributed by atoms with Crippen LogP contribution in [0.15, 0.2) is 31.2 Å². The lowest BCUT2D eigenvalue weighted by atomic mass is 10.4. The largest absolute Gasteiger partial charge is 0.460 e. The van der Waals surface area contributed by atoms with Crippen molar-refractivity contribution in [1.29, 1.82) is 0 Å². The Labute approximate surface area is 130 Å². The molecule has 0 unspecified atom stereocenters. The monoisotopic (exact) mass is 316 g/mol. The number of rotatable bonds is 3. The van der Waals surface area contributed by atoms with E-state index in [-0.39, 0.29) is 0 Å². The second kappa shape index (κ2) is 5.27. The molecule has 9 nitrogen and oxygen atoms in total. The summed E-state index contributed by atoms with van der Waals surface area (Å²) in [4.78, 5) is 28.4. The number of furan rings is 1. The molecule has 3 rings (SSSR count). The maximum atomic E-state index is 12.2. The molecule has 0 aliphatic rings. The molecule has 23 heavy (non-hydrogen) atoms. The highest BCUT2D eigenvalue weighted by Gasteiger charge is 2.16. The van der Waals surface area contributed by atoms with E-state index in [2.05, 4.69) is 15.5 Å². The van der Waals surface area contributed by atoms with Crippen molar-refractivity contribution in [3.63, 3.8) is 0 Å². The zero-order valence-electron chi connectivity index (χ0n) is 13.2. The molecule has 0 spiro atoms. The highest BCUT2D eigenvalue weighted by molar-refractivity contribution is 5.77. The van der Waals surface area contributed by atoms with E-state index < -0.39 is 11.2 Å². The third-order valence-corrected chi connectivity index (χ3v) is 3.59. The average molecular weight is 316 g/mol. The van der Waals surface area contributed by atoms with Gasteiger partial charge in [0.15, 0.2) is 11.2 Å². The fourth-order valence-electron chi connectivity index (χ4n) is 2.29. The highest BCUT2D eigenvalue weighted by atomic mass is 16.3. The standard InChI is InChI=1S/C14H16N6O3/c1-8-5-6-9(23-8)7-15-17-13-16-11-10(18(13)2)12(21)20(4)14(22)19(11)3/h5-7H,1-4H3,(H,16,17)/b15-7-. The Balaban J connectivity index is 2.03. The van der Waals surface area contributed by atoms with Crippen molar-refractivity contribution in [2.45, 2.75) is 6.92 Å². The molecule has 0 saturated carbocycles. The lowest BCUT2D eigenvalue weighted by Crippen LogP contribution is -2.37. The first kappa shape index (κ1) is 14.8. The van der Waals surface area contributed by atoms with Crippen LogP contribution in [0, 0.1) is 6.92 Å². The Morgan fingerprint density at radius 1 is 1.17 bits per heavy atom. The summed E-state index contributed by atoms with van der Waals surface area (Å²) < 4.78 is 9.29. The summed E-state index contributed by atoms with van der Waals surface area (Å²) in [7, 11) is 4.67. The van der Waals surface area contributed by atoms with Crippen LogP contribution in [0.3, 0.4) is 0 Å². The van der Waals surface area contributed by atoms with Gasteiger partial charge in [-0.2, -0.15) is 10.1 Å². The van der Waals surface area contributed by atoms with Crippen molar-refractivity contribution in [2.24, 2.45) is 26.2 Å². The molecule has 120 valence electrons. The summed E-state index contributed by atoms with van der Waals surface area (Å²) >= 11 is 0. The lowest BCUT2D eigenvalue weighted by molar-refractivity contribution is 0.528. The number of hydrogen-bond acceptors (Lipinski definition) is 6. The summed E-state index contributed by atoms with van der Waals surface area (Å²) in [6.07, 6.45) is 1.50. The Bertz CT molecular complexity index is 1030. The second-order valence-electron chi connectivity index (χ2n) is 5.19. The average Bonchev–Trinajstić information content (AvgIpc) is 3.07. The molecule has 9 heteroatoms. The molecule has 0 fully saturated rings. The molecule has 0 radical (unpaired) electrons. The molecule has 0 aromatic carbocycles. The number of anilines is 1. The van der Waals surface area contributed by atoms with Crippen LogP contribution in [-0.4, -0.2) is 24.9 Å². The predicted octanol–water partition coefficient (Wildman–Crippen LogP) is 0.318. The molecule has 3 aromatic heterocycles. The predicted molar refractivity (Wildman–Crippen MR) is 85.9 cm³/mol. The quantitative estimate of drug-likeness (QED) is 0.554. The summed E-state index contributed by atoms with van der Waals surface area (Å²) in [6.45, 7) is 1.84. The SMILES string of the molecule is Cc1ccc(/C=N\Nc2nc3c(c(=O)n(C)c(=O)n3C)n2C)o1. The molecule has 0 saturated heterocycles. The molecule has 0 amide bonds. The van der Waals surface area contributed by atoms with Crippen molar-refractivity contribution in [1.82, 2.24) is 18.7 Å². The van der Waals surface area contributed by atoms with Crippen LogP contribution in [0.4, 0.5) is 5.95 Å². The molecule has 3 aromatic rings. The highest BCUT2D eigenvalue weighted by Crippen LogP contribution is 2.13.